The van der Waals surface area contributed by atoms with Gasteiger partial charge in [0.05, 0.1) is 6.04 Å². The Hall–Kier alpha value is -2.89. The van der Waals surface area contributed by atoms with Gasteiger partial charge in [0, 0.05) is 55.7 Å². The van der Waals surface area contributed by atoms with Crippen LogP contribution in [0.1, 0.15) is 86.6 Å². The van der Waals surface area contributed by atoms with Crippen molar-refractivity contribution >= 4 is 17.5 Å². The molecule has 1 aliphatic heterocycles. The predicted octanol–water partition coefficient (Wildman–Crippen LogP) is 5.31. The average Bonchev–Trinajstić information content (AvgIpc) is 3.25. The minimum atomic E-state index is 0.0105. The van der Waals surface area contributed by atoms with Crippen molar-refractivity contribution in [2.24, 2.45) is 5.92 Å². The van der Waals surface area contributed by atoms with Gasteiger partial charge >= 0.3 is 0 Å². The van der Waals surface area contributed by atoms with E-state index >= 15 is 0 Å². The minimum absolute atomic E-state index is 0.0105. The Labute approximate surface area is 211 Å². The van der Waals surface area contributed by atoms with Crippen LogP contribution in [-0.4, -0.2) is 47.9 Å². The molecule has 4 rings (SSSR count). The number of nitrogens with zero attached hydrogens (tertiary/aromatic N) is 3. The topological polar surface area (TPSA) is 65.5 Å². The molecule has 1 atom stereocenters. The fraction of sp³-hybridized carbons (Fsp3) is 0.552. The second kappa shape index (κ2) is 12.2. The lowest BCUT2D eigenvalue weighted by molar-refractivity contribution is -0.122. The molecular weight excluding hydrogens is 436 g/mol. The summed E-state index contributed by atoms with van der Waals surface area (Å²) in [6.45, 7) is 12.0. The van der Waals surface area contributed by atoms with E-state index in [-0.39, 0.29) is 23.9 Å². The Balaban J connectivity index is 0.00000167. The predicted molar refractivity (Wildman–Crippen MR) is 143 cm³/mol. The molecule has 1 aliphatic carbocycles. The van der Waals surface area contributed by atoms with E-state index in [1.54, 1.807) is 0 Å². The molecule has 0 spiro atoms. The fourth-order valence-electron chi connectivity index (χ4n) is 5.12. The van der Waals surface area contributed by atoms with Crippen LogP contribution in [0.5, 0.6) is 0 Å². The number of aryl methyl sites for hydroxylation is 2. The maximum Gasteiger partial charge on any atom is 0.253 e. The van der Waals surface area contributed by atoms with Crippen molar-refractivity contribution in [3.63, 3.8) is 0 Å². The van der Waals surface area contributed by atoms with Gasteiger partial charge in [-0.05, 0) is 73.9 Å². The number of fused-ring (bicyclic) bond motifs is 1. The quantitative estimate of drug-likeness (QED) is 0.611. The standard InChI is InChI=1S/C27H36N4O2.C2H6/c1-18(2)15-26(32)29-25-8-7-20-5-6-21(17-24(20)25)27(33)30(4)22-10-13-31(14-11-22)23-9-12-28-19(3)16-23;1-2/h5-6,9,12,16-18,22,25H,7-8,10-11,13-15H2,1-4H3,(H,29,32);1-2H3. The highest BCUT2D eigenvalue weighted by molar-refractivity contribution is 5.94. The minimum Gasteiger partial charge on any atom is -0.371 e. The lowest BCUT2D eigenvalue weighted by atomic mass is 10.00. The molecule has 2 amide bonds. The molecule has 1 aromatic carbocycles. The van der Waals surface area contributed by atoms with Crippen LogP contribution in [0.2, 0.25) is 0 Å². The van der Waals surface area contributed by atoms with Crippen LogP contribution in [-0.2, 0) is 11.2 Å². The molecule has 1 fully saturated rings. The molecule has 1 N–H and O–H groups in total. The van der Waals surface area contributed by atoms with E-state index in [1.807, 2.05) is 51.0 Å². The van der Waals surface area contributed by atoms with E-state index in [4.69, 9.17) is 0 Å². The van der Waals surface area contributed by atoms with Crippen LogP contribution in [0.3, 0.4) is 0 Å². The largest absolute Gasteiger partial charge is 0.371 e. The highest BCUT2D eigenvalue weighted by Crippen LogP contribution is 2.33. The van der Waals surface area contributed by atoms with Gasteiger partial charge in [0.1, 0.15) is 0 Å². The Kier molecular flexibility index (Phi) is 9.30. The molecular formula is C29H42N4O2. The van der Waals surface area contributed by atoms with Crippen LogP contribution in [0, 0.1) is 12.8 Å². The van der Waals surface area contributed by atoms with E-state index < -0.39 is 0 Å². The Bertz CT molecular complexity index is 1010. The second-order valence-corrected chi connectivity index (χ2v) is 9.96. The number of benzene rings is 1. The summed E-state index contributed by atoms with van der Waals surface area (Å²) >= 11 is 0. The van der Waals surface area contributed by atoms with Gasteiger partial charge in [0.25, 0.3) is 5.91 Å². The van der Waals surface area contributed by atoms with E-state index in [0.717, 1.165) is 50.0 Å². The first kappa shape index (κ1) is 26.7. The zero-order valence-corrected chi connectivity index (χ0v) is 22.3. The smallest absolute Gasteiger partial charge is 0.253 e. The zero-order valence-electron chi connectivity index (χ0n) is 22.3. The van der Waals surface area contributed by atoms with E-state index in [0.29, 0.717) is 17.9 Å². The summed E-state index contributed by atoms with van der Waals surface area (Å²) in [4.78, 5) is 34.2. The SMILES string of the molecule is CC.Cc1cc(N2CCC(N(C)C(=O)c3ccc4c(c3)C(NC(=O)CC(C)C)CC4)CC2)ccn1. The maximum absolute atomic E-state index is 13.3. The molecule has 190 valence electrons. The third kappa shape index (κ3) is 6.62. The third-order valence-corrected chi connectivity index (χ3v) is 6.98. The second-order valence-electron chi connectivity index (χ2n) is 9.96. The maximum atomic E-state index is 13.3. The number of amides is 2. The Morgan fingerprint density at radius 2 is 1.83 bits per heavy atom. The highest BCUT2D eigenvalue weighted by Gasteiger charge is 2.29. The summed E-state index contributed by atoms with van der Waals surface area (Å²) in [7, 11) is 1.92. The van der Waals surface area contributed by atoms with Crippen molar-refractivity contribution in [3.05, 3.63) is 58.9 Å². The summed E-state index contributed by atoms with van der Waals surface area (Å²) in [6.07, 6.45) is 6.13. The number of nitrogens with one attached hydrogen (secondary N) is 1. The van der Waals surface area contributed by atoms with Gasteiger partial charge in [-0.25, -0.2) is 0 Å². The number of pyridine rings is 1. The van der Waals surface area contributed by atoms with Gasteiger partial charge in [0.2, 0.25) is 5.91 Å². The monoisotopic (exact) mass is 478 g/mol. The van der Waals surface area contributed by atoms with Gasteiger partial charge < -0.3 is 15.1 Å². The summed E-state index contributed by atoms with van der Waals surface area (Å²) < 4.78 is 0. The lowest BCUT2D eigenvalue weighted by Crippen LogP contribution is -2.45. The molecule has 2 aliphatic rings. The molecule has 0 saturated carbocycles. The highest BCUT2D eigenvalue weighted by atomic mass is 16.2. The van der Waals surface area contributed by atoms with Gasteiger partial charge in [-0.3, -0.25) is 14.6 Å². The van der Waals surface area contributed by atoms with Crippen molar-refractivity contribution in [3.8, 4) is 0 Å². The van der Waals surface area contributed by atoms with Crippen molar-refractivity contribution in [2.45, 2.75) is 78.8 Å². The number of aromatic nitrogens is 1. The molecule has 0 bridgehead atoms. The first-order valence-electron chi connectivity index (χ1n) is 13.2. The zero-order chi connectivity index (χ0) is 25.5. The van der Waals surface area contributed by atoms with E-state index in [9.17, 15) is 9.59 Å². The lowest BCUT2D eigenvalue weighted by Gasteiger charge is -2.38. The van der Waals surface area contributed by atoms with Gasteiger partial charge in [0.15, 0.2) is 0 Å². The van der Waals surface area contributed by atoms with Crippen LogP contribution < -0.4 is 10.2 Å². The average molecular weight is 479 g/mol. The first-order valence-corrected chi connectivity index (χ1v) is 13.2. The van der Waals surface area contributed by atoms with Gasteiger partial charge in [-0.1, -0.05) is 33.8 Å². The van der Waals surface area contributed by atoms with Crippen LogP contribution in [0.15, 0.2) is 36.5 Å². The Morgan fingerprint density at radius 3 is 2.49 bits per heavy atom. The molecule has 1 aromatic heterocycles. The molecule has 6 nitrogen and oxygen atoms in total. The number of anilines is 1. The third-order valence-electron chi connectivity index (χ3n) is 6.98. The normalized spacial score (nSPS) is 17.5. The van der Waals surface area contributed by atoms with Gasteiger partial charge in [-0.2, -0.15) is 0 Å². The van der Waals surface area contributed by atoms with E-state index in [2.05, 4.69) is 47.2 Å². The Morgan fingerprint density at radius 1 is 1.11 bits per heavy atom. The number of carbonyl (C=O) groups excluding carboxylic acids is 2. The van der Waals surface area contributed by atoms with Crippen molar-refractivity contribution in [1.82, 2.24) is 15.2 Å². The molecule has 1 unspecified atom stereocenters. The number of piperidine rings is 1. The molecule has 35 heavy (non-hydrogen) atoms. The van der Waals surface area contributed by atoms with Crippen LogP contribution in [0.25, 0.3) is 0 Å². The van der Waals surface area contributed by atoms with Crippen LogP contribution in [0.4, 0.5) is 5.69 Å². The number of rotatable bonds is 6. The molecule has 2 heterocycles. The molecule has 6 heteroatoms. The summed E-state index contributed by atoms with van der Waals surface area (Å²) in [5, 5.41) is 3.18. The number of carbonyl (C=O) groups is 2. The number of hydrogen-bond acceptors (Lipinski definition) is 4. The van der Waals surface area contributed by atoms with Gasteiger partial charge in [-0.15, -0.1) is 0 Å². The first-order chi connectivity index (χ1) is 16.8. The van der Waals surface area contributed by atoms with E-state index in [1.165, 1.54) is 11.3 Å². The fourth-order valence-corrected chi connectivity index (χ4v) is 5.12. The molecule has 1 saturated heterocycles. The summed E-state index contributed by atoms with van der Waals surface area (Å²) in [5.41, 5.74) is 5.30. The van der Waals surface area contributed by atoms with Crippen molar-refractivity contribution in [1.29, 1.82) is 0 Å². The van der Waals surface area contributed by atoms with Crippen molar-refractivity contribution in [2.75, 3.05) is 25.0 Å². The molecule has 0 radical (unpaired) electrons. The molecule has 2 aromatic rings. The van der Waals surface area contributed by atoms with Crippen LogP contribution >= 0.6 is 0 Å². The summed E-state index contributed by atoms with van der Waals surface area (Å²) in [5.74, 6) is 0.490. The summed E-state index contributed by atoms with van der Waals surface area (Å²) in [6, 6.07) is 10.4. The number of hydrogen-bond donors (Lipinski definition) is 1. The van der Waals surface area contributed by atoms with Crippen molar-refractivity contribution < 1.29 is 9.59 Å².